The minimum absolute atomic E-state index is 0.433. The molecule has 5 rings (SSSR count). The molecular formula is C28H22N2O4. The Labute approximate surface area is 196 Å². The SMILES string of the molecule is Cc1ccc2oc(-c3ccc(NC(=O)C(Oc4ccccc4)Oc4ccccc4)cc3)nc2c1. The Morgan fingerprint density at radius 3 is 2.06 bits per heavy atom. The number of fused-ring (bicyclic) bond motifs is 1. The Morgan fingerprint density at radius 2 is 1.44 bits per heavy atom. The average molecular weight is 450 g/mol. The van der Waals surface area contributed by atoms with Crippen molar-refractivity contribution < 1.29 is 18.7 Å². The van der Waals surface area contributed by atoms with E-state index in [9.17, 15) is 4.79 Å². The lowest BCUT2D eigenvalue weighted by molar-refractivity contribution is -0.134. The molecule has 5 aromatic rings. The van der Waals surface area contributed by atoms with Crippen molar-refractivity contribution in [3.05, 3.63) is 109 Å². The smallest absolute Gasteiger partial charge is 0.321 e. The normalized spacial score (nSPS) is 10.9. The van der Waals surface area contributed by atoms with Crippen molar-refractivity contribution in [1.29, 1.82) is 0 Å². The van der Waals surface area contributed by atoms with Crippen LogP contribution in [-0.2, 0) is 4.79 Å². The molecule has 34 heavy (non-hydrogen) atoms. The lowest BCUT2D eigenvalue weighted by Crippen LogP contribution is -2.38. The lowest BCUT2D eigenvalue weighted by Gasteiger charge is -2.20. The van der Waals surface area contributed by atoms with Gasteiger partial charge >= 0.3 is 12.2 Å². The number of hydrogen-bond acceptors (Lipinski definition) is 5. The van der Waals surface area contributed by atoms with E-state index in [4.69, 9.17) is 13.9 Å². The molecule has 0 saturated carbocycles. The summed E-state index contributed by atoms with van der Waals surface area (Å²) in [7, 11) is 0. The molecular weight excluding hydrogens is 428 g/mol. The van der Waals surface area contributed by atoms with Crippen molar-refractivity contribution in [3.63, 3.8) is 0 Å². The lowest BCUT2D eigenvalue weighted by atomic mass is 10.2. The fourth-order valence-electron chi connectivity index (χ4n) is 3.43. The van der Waals surface area contributed by atoms with E-state index in [-0.39, 0.29) is 0 Å². The number of benzene rings is 4. The highest BCUT2D eigenvalue weighted by Gasteiger charge is 2.23. The van der Waals surface area contributed by atoms with E-state index in [1.807, 2.05) is 73.7 Å². The first-order chi connectivity index (χ1) is 16.6. The van der Waals surface area contributed by atoms with Crippen LogP contribution < -0.4 is 14.8 Å². The van der Waals surface area contributed by atoms with Crippen LogP contribution in [0.1, 0.15) is 5.56 Å². The van der Waals surface area contributed by atoms with Gasteiger partial charge in [0.1, 0.15) is 17.0 Å². The van der Waals surface area contributed by atoms with Crippen LogP contribution in [0.15, 0.2) is 108 Å². The second-order valence-corrected chi connectivity index (χ2v) is 7.75. The summed E-state index contributed by atoms with van der Waals surface area (Å²) in [5.74, 6) is 1.15. The van der Waals surface area contributed by atoms with Crippen LogP contribution in [0.5, 0.6) is 11.5 Å². The molecule has 0 atom stereocenters. The molecule has 0 spiro atoms. The van der Waals surface area contributed by atoms with Gasteiger partial charge in [0.2, 0.25) is 5.89 Å². The molecule has 1 aromatic heterocycles. The maximum Gasteiger partial charge on any atom is 0.321 e. The zero-order valence-electron chi connectivity index (χ0n) is 18.5. The van der Waals surface area contributed by atoms with Gasteiger partial charge in [-0.1, -0.05) is 42.5 Å². The molecule has 1 N–H and O–H groups in total. The standard InChI is InChI=1S/C28H22N2O4/c1-19-12-17-25-24(18-19)30-27(34-25)20-13-15-21(16-14-20)29-26(31)28(32-22-8-4-2-5-9-22)33-23-10-6-3-7-11-23/h2-18,28H,1H3,(H,29,31). The zero-order valence-corrected chi connectivity index (χ0v) is 18.5. The van der Waals surface area contributed by atoms with Crippen LogP contribution in [0, 0.1) is 6.92 Å². The molecule has 1 heterocycles. The Balaban J connectivity index is 1.32. The molecule has 4 aromatic carbocycles. The fraction of sp³-hybridized carbons (Fsp3) is 0.0714. The number of nitrogens with zero attached hydrogens (tertiary/aromatic N) is 1. The Morgan fingerprint density at radius 1 is 0.824 bits per heavy atom. The fourth-order valence-corrected chi connectivity index (χ4v) is 3.43. The summed E-state index contributed by atoms with van der Waals surface area (Å²) in [5, 5.41) is 2.86. The molecule has 0 radical (unpaired) electrons. The topological polar surface area (TPSA) is 73.6 Å². The molecule has 0 unspecified atom stereocenters. The van der Waals surface area contributed by atoms with Crippen molar-refractivity contribution in [2.75, 3.05) is 5.32 Å². The minimum Gasteiger partial charge on any atom is -0.446 e. The molecule has 6 heteroatoms. The summed E-state index contributed by atoms with van der Waals surface area (Å²) in [6, 6.07) is 31.3. The number of hydrogen-bond donors (Lipinski definition) is 1. The number of carbonyl (C=O) groups is 1. The number of oxazole rings is 1. The predicted octanol–water partition coefficient (Wildman–Crippen LogP) is 6.23. The van der Waals surface area contributed by atoms with Gasteiger partial charge in [-0.15, -0.1) is 0 Å². The summed E-state index contributed by atoms with van der Waals surface area (Å²) in [6.07, 6.45) is -1.18. The number of ether oxygens (including phenoxy) is 2. The highest BCUT2D eigenvalue weighted by Crippen LogP contribution is 2.26. The van der Waals surface area contributed by atoms with Gasteiger partial charge in [-0.2, -0.15) is 0 Å². The summed E-state index contributed by atoms with van der Waals surface area (Å²) in [5.41, 5.74) is 4.07. The van der Waals surface area contributed by atoms with Crippen molar-refractivity contribution >= 4 is 22.7 Å². The first-order valence-corrected chi connectivity index (χ1v) is 10.9. The number of aryl methyl sites for hydroxylation is 1. The molecule has 0 bridgehead atoms. The number of para-hydroxylation sites is 2. The third kappa shape index (κ3) is 4.91. The van der Waals surface area contributed by atoms with Gasteiger partial charge in [-0.05, 0) is 73.2 Å². The molecule has 0 saturated heterocycles. The van der Waals surface area contributed by atoms with Gasteiger partial charge in [-0.3, -0.25) is 4.79 Å². The van der Waals surface area contributed by atoms with Crippen LogP contribution in [0.4, 0.5) is 5.69 Å². The third-order valence-corrected chi connectivity index (χ3v) is 5.13. The first kappa shape index (κ1) is 21.3. The molecule has 168 valence electrons. The maximum absolute atomic E-state index is 13.0. The number of amides is 1. The van der Waals surface area contributed by atoms with Crippen molar-refractivity contribution in [3.8, 4) is 23.0 Å². The van der Waals surface area contributed by atoms with E-state index in [1.54, 1.807) is 36.4 Å². The summed E-state index contributed by atoms with van der Waals surface area (Å²) >= 11 is 0. The number of carbonyl (C=O) groups excluding carboxylic acids is 1. The molecule has 0 aliphatic carbocycles. The van der Waals surface area contributed by atoms with E-state index in [0.717, 1.165) is 22.2 Å². The van der Waals surface area contributed by atoms with Crippen LogP contribution in [0.2, 0.25) is 0 Å². The summed E-state index contributed by atoms with van der Waals surface area (Å²) in [4.78, 5) is 17.6. The third-order valence-electron chi connectivity index (χ3n) is 5.13. The number of nitrogens with one attached hydrogen (secondary N) is 1. The Kier molecular flexibility index (Phi) is 5.95. The highest BCUT2D eigenvalue weighted by molar-refractivity contribution is 5.94. The van der Waals surface area contributed by atoms with Gasteiger partial charge in [0.15, 0.2) is 5.58 Å². The maximum atomic E-state index is 13.0. The number of rotatable bonds is 7. The second-order valence-electron chi connectivity index (χ2n) is 7.75. The van der Waals surface area contributed by atoms with Crippen molar-refractivity contribution in [1.82, 2.24) is 4.98 Å². The van der Waals surface area contributed by atoms with E-state index in [1.165, 1.54) is 0 Å². The highest BCUT2D eigenvalue weighted by atomic mass is 16.7. The van der Waals surface area contributed by atoms with E-state index in [0.29, 0.717) is 23.1 Å². The zero-order chi connectivity index (χ0) is 23.3. The largest absolute Gasteiger partial charge is 0.446 e. The quantitative estimate of drug-likeness (QED) is 0.298. The van der Waals surface area contributed by atoms with Crippen LogP contribution in [0.3, 0.4) is 0 Å². The van der Waals surface area contributed by atoms with Crippen LogP contribution >= 0.6 is 0 Å². The van der Waals surface area contributed by atoms with Crippen LogP contribution in [0.25, 0.3) is 22.6 Å². The average Bonchev–Trinajstić information content (AvgIpc) is 3.28. The van der Waals surface area contributed by atoms with E-state index in [2.05, 4.69) is 10.3 Å². The van der Waals surface area contributed by atoms with E-state index >= 15 is 0 Å². The van der Waals surface area contributed by atoms with Gasteiger partial charge in [0.05, 0.1) is 0 Å². The number of anilines is 1. The van der Waals surface area contributed by atoms with Gasteiger partial charge in [0, 0.05) is 11.3 Å². The predicted molar refractivity (Wildman–Crippen MR) is 131 cm³/mol. The van der Waals surface area contributed by atoms with E-state index < -0.39 is 12.2 Å². The van der Waals surface area contributed by atoms with Gasteiger partial charge in [0.25, 0.3) is 0 Å². The summed E-state index contributed by atoms with van der Waals surface area (Å²) < 4.78 is 17.5. The molecule has 0 aliphatic heterocycles. The van der Waals surface area contributed by atoms with Gasteiger partial charge < -0.3 is 19.2 Å². The monoisotopic (exact) mass is 450 g/mol. The minimum atomic E-state index is -1.18. The molecule has 0 fully saturated rings. The van der Waals surface area contributed by atoms with Crippen LogP contribution in [-0.4, -0.2) is 17.2 Å². The second kappa shape index (κ2) is 9.50. The first-order valence-electron chi connectivity index (χ1n) is 10.9. The molecule has 0 aliphatic rings. The van der Waals surface area contributed by atoms with Crippen molar-refractivity contribution in [2.45, 2.75) is 13.2 Å². The Bertz CT molecular complexity index is 1360. The van der Waals surface area contributed by atoms with Gasteiger partial charge in [-0.25, -0.2) is 4.98 Å². The molecule has 1 amide bonds. The Hall–Kier alpha value is -4.58. The summed E-state index contributed by atoms with van der Waals surface area (Å²) in [6.45, 7) is 2.02. The molecule has 6 nitrogen and oxygen atoms in total. The number of aromatic nitrogens is 1. The van der Waals surface area contributed by atoms with Crippen molar-refractivity contribution in [2.24, 2.45) is 0 Å².